The van der Waals surface area contributed by atoms with E-state index in [2.05, 4.69) is 41.6 Å². The summed E-state index contributed by atoms with van der Waals surface area (Å²) in [5.74, 6) is 2.57. The summed E-state index contributed by atoms with van der Waals surface area (Å²) >= 11 is 0. The van der Waals surface area contributed by atoms with Gasteiger partial charge in [0, 0.05) is 6.54 Å². The minimum absolute atomic E-state index is 0.232. The summed E-state index contributed by atoms with van der Waals surface area (Å²) in [6.07, 6.45) is 6.50. The van der Waals surface area contributed by atoms with Crippen LogP contribution in [0.3, 0.4) is 0 Å². The number of rotatable bonds is 6. The molecule has 1 saturated carbocycles. The molecule has 3 unspecified atom stereocenters. The summed E-state index contributed by atoms with van der Waals surface area (Å²) in [5, 5.41) is 15.7. The van der Waals surface area contributed by atoms with Gasteiger partial charge in [0.2, 0.25) is 0 Å². The third-order valence-corrected chi connectivity index (χ3v) is 4.12. The van der Waals surface area contributed by atoms with E-state index in [0.717, 1.165) is 37.2 Å². The summed E-state index contributed by atoms with van der Waals surface area (Å²) in [6.45, 7) is 8.66. The molecule has 0 radical (unpaired) electrons. The molecule has 5 nitrogen and oxygen atoms in total. The molecular weight excluding hydrogens is 238 g/mol. The van der Waals surface area contributed by atoms with Gasteiger partial charge in [0.15, 0.2) is 5.82 Å². The average Bonchev–Trinajstić information content (AvgIpc) is 2.84. The lowest BCUT2D eigenvalue weighted by atomic mass is 9.82. The van der Waals surface area contributed by atoms with Gasteiger partial charge in [0.25, 0.3) is 0 Å². The number of aromatic nitrogens is 4. The van der Waals surface area contributed by atoms with Crippen molar-refractivity contribution in [1.29, 1.82) is 0 Å². The molecule has 1 aromatic rings. The molecule has 1 aliphatic carbocycles. The van der Waals surface area contributed by atoms with Crippen molar-refractivity contribution in [1.82, 2.24) is 25.5 Å². The van der Waals surface area contributed by atoms with E-state index < -0.39 is 0 Å². The van der Waals surface area contributed by atoms with Crippen molar-refractivity contribution in [2.24, 2.45) is 11.8 Å². The molecule has 3 atom stereocenters. The first-order valence-electron chi connectivity index (χ1n) is 7.70. The summed E-state index contributed by atoms with van der Waals surface area (Å²) in [5.41, 5.74) is 0. The van der Waals surface area contributed by atoms with E-state index in [1.165, 1.54) is 25.7 Å². The maximum Gasteiger partial charge on any atom is 0.167 e. The van der Waals surface area contributed by atoms with Crippen molar-refractivity contribution in [3.63, 3.8) is 0 Å². The lowest BCUT2D eigenvalue weighted by molar-refractivity contribution is 0.244. The predicted molar refractivity (Wildman–Crippen MR) is 75.6 cm³/mol. The Bertz CT molecular complexity index is 376. The molecule has 0 saturated heterocycles. The fraction of sp³-hybridized carbons (Fsp3) is 0.929. The molecule has 19 heavy (non-hydrogen) atoms. The van der Waals surface area contributed by atoms with E-state index in [4.69, 9.17) is 0 Å². The minimum Gasteiger partial charge on any atom is -0.307 e. The Balaban J connectivity index is 1.95. The topological polar surface area (TPSA) is 55.6 Å². The highest BCUT2D eigenvalue weighted by molar-refractivity contribution is 4.90. The number of hydrogen-bond donors (Lipinski definition) is 1. The van der Waals surface area contributed by atoms with Crippen LogP contribution in [0.5, 0.6) is 0 Å². The molecule has 0 bridgehead atoms. The van der Waals surface area contributed by atoms with E-state index in [1.54, 1.807) is 0 Å². The molecule has 2 rings (SSSR count). The second-order valence-corrected chi connectivity index (χ2v) is 6.03. The van der Waals surface area contributed by atoms with Crippen LogP contribution in [-0.4, -0.2) is 26.8 Å². The lowest BCUT2D eigenvalue weighted by Crippen LogP contribution is -2.26. The fourth-order valence-corrected chi connectivity index (χ4v) is 3.07. The van der Waals surface area contributed by atoms with Crippen LogP contribution in [0.15, 0.2) is 0 Å². The van der Waals surface area contributed by atoms with Gasteiger partial charge in [0.05, 0.1) is 6.04 Å². The standard InChI is InChI=1S/C14H27N5/c1-4-8-15-12(3)14-16-17-18-19(14)10-13-7-5-6-11(2)9-13/h11-13,15H,4-10H2,1-3H3. The summed E-state index contributed by atoms with van der Waals surface area (Å²) in [6, 6.07) is 0.232. The summed E-state index contributed by atoms with van der Waals surface area (Å²) in [4.78, 5) is 0. The van der Waals surface area contributed by atoms with E-state index in [0.29, 0.717) is 0 Å². The number of nitrogens with zero attached hydrogens (tertiary/aromatic N) is 4. The van der Waals surface area contributed by atoms with Gasteiger partial charge in [-0.1, -0.05) is 26.7 Å². The first kappa shape index (κ1) is 14.4. The highest BCUT2D eigenvalue weighted by Gasteiger charge is 2.22. The Hall–Kier alpha value is -0.970. The summed E-state index contributed by atoms with van der Waals surface area (Å²) in [7, 11) is 0. The van der Waals surface area contributed by atoms with E-state index in [1.807, 2.05) is 4.68 Å². The maximum atomic E-state index is 4.19. The number of hydrogen-bond acceptors (Lipinski definition) is 4. The van der Waals surface area contributed by atoms with Crippen LogP contribution in [0.25, 0.3) is 0 Å². The molecule has 0 amide bonds. The Morgan fingerprint density at radius 1 is 1.42 bits per heavy atom. The monoisotopic (exact) mass is 265 g/mol. The fourth-order valence-electron chi connectivity index (χ4n) is 3.07. The van der Waals surface area contributed by atoms with Gasteiger partial charge >= 0.3 is 0 Å². The number of tetrazole rings is 1. The lowest BCUT2D eigenvalue weighted by Gasteiger charge is -2.27. The predicted octanol–water partition coefficient (Wildman–Crippen LogP) is 2.56. The van der Waals surface area contributed by atoms with Gasteiger partial charge in [-0.25, -0.2) is 4.68 Å². The zero-order valence-electron chi connectivity index (χ0n) is 12.5. The Kier molecular flexibility index (Phi) is 5.31. The van der Waals surface area contributed by atoms with Gasteiger partial charge in [-0.15, -0.1) is 5.10 Å². The van der Waals surface area contributed by atoms with Crippen molar-refractivity contribution < 1.29 is 0 Å². The van der Waals surface area contributed by atoms with Crippen molar-refractivity contribution in [2.45, 2.75) is 65.5 Å². The highest BCUT2D eigenvalue weighted by Crippen LogP contribution is 2.29. The molecule has 0 aliphatic heterocycles. The molecule has 1 aromatic heterocycles. The Labute approximate surface area is 116 Å². The zero-order valence-corrected chi connectivity index (χ0v) is 12.5. The molecule has 1 fully saturated rings. The van der Waals surface area contributed by atoms with Crippen LogP contribution in [0.2, 0.25) is 0 Å². The van der Waals surface area contributed by atoms with Crippen molar-refractivity contribution in [3.05, 3.63) is 5.82 Å². The highest BCUT2D eigenvalue weighted by atomic mass is 15.5. The van der Waals surface area contributed by atoms with Crippen LogP contribution in [0, 0.1) is 11.8 Å². The Morgan fingerprint density at radius 2 is 2.26 bits per heavy atom. The van der Waals surface area contributed by atoms with Crippen LogP contribution in [0.4, 0.5) is 0 Å². The normalized spacial score (nSPS) is 25.4. The molecule has 1 N–H and O–H groups in total. The third-order valence-electron chi connectivity index (χ3n) is 4.12. The van der Waals surface area contributed by atoms with Crippen molar-refractivity contribution in [2.75, 3.05) is 6.54 Å². The summed E-state index contributed by atoms with van der Waals surface area (Å²) < 4.78 is 2.01. The van der Waals surface area contributed by atoms with Crippen molar-refractivity contribution >= 4 is 0 Å². The average molecular weight is 265 g/mol. The van der Waals surface area contributed by atoms with Crippen LogP contribution >= 0.6 is 0 Å². The smallest absolute Gasteiger partial charge is 0.167 e. The van der Waals surface area contributed by atoms with Gasteiger partial charge in [0.1, 0.15) is 0 Å². The largest absolute Gasteiger partial charge is 0.307 e. The van der Waals surface area contributed by atoms with E-state index >= 15 is 0 Å². The minimum atomic E-state index is 0.232. The molecule has 108 valence electrons. The quantitative estimate of drug-likeness (QED) is 0.859. The van der Waals surface area contributed by atoms with Gasteiger partial charge < -0.3 is 5.32 Å². The van der Waals surface area contributed by atoms with E-state index in [-0.39, 0.29) is 6.04 Å². The van der Waals surface area contributed by atoms with E-state index in [9.17, 15) is 0 Å². The van der Waals surface area contributed by atoms with Gasteiger partial charge in [-0.05, 0) is 55.0 Å². The van der Waals surface area contributed by atoms with Gasteiger partial charge in [-0.3, -0.25) is 0 Å². The van der Waals surface area contributed by atoms with Crippen molar-refractivity contribution in [3.8, 4) is 0 Å². The molecule has 5 heteroatoms. The molecule has 0 spiro atoms. The molecular formula is C14H27N5. The van der Waals surface area contributed by atoms with Gasteiger partial charge in [-0.2, -0.15) is 0 Å². The third kappa shape index (κ3) is 4.00. The zero-order chi connectivity index (χ0) is 13.7. The Morgan fingerprint density at radius 3 is 3.00 bits per heavy atom. The maximum absolute atomic E-state index is 4.19. The first-order valence-corrected chi connectivity index (χ1v) is 7.70. The molecule has 0 aromatic carbocycles. The molecule has 1 heterocycles. The second kappa shape index (κ2) is 6.98. The van der Waals surface area contributed by atoms with Crippen LogP contribution < -0.4 is 5.32 Å². The van der Waals surface area contributed by atoms with Crippen LogP contribution in [-0.2, 0) is 6.54 Å². The SMILES string of the molecule is CCCNC(C)c1nnnn1CC1CCCC(C)C1. The molecule has 1 aliphatic rings. The van der Waals surface area contributed by atoms with Crippen LogP contribution in [0.1, 0.15) is 64.7 Å². The number of nitrogens with one attached hydrogen (secondary N) is 1. The second-order valence-electron chi connectivity index (χ2n) is 6.03. The first-order chi connectivity index (χ1) is 9.20.